The number of amides is 1. The summed E-state index contributed by atoms with van der Waals surface area (Å²) in [6.07, 6.45) is 13.6. The van der Waals surface area contributed by atoms with Gasteiger partial charge in [0.2, 0.25) is 5.91 Å². The first kappa shape index (κ1) is 17.0. The minimum Gasteiger partial charge on any atom is -0.303 e. The van der Waals surface area contributed by atoms with Crippen molar-refractivity contribution in [3.05, 3.63) is 0 Å². The second kappa shape index (κ2) is 14.1. The molecule has 0 aromatic carbocycles. The molecule has 3 heteroatoms. The van der Waals surface area contributed by atoms with Crippen molar-refractivity contribution in [3.8, 4) is 0 Å². The molecule has 0 aliphatic heterocycles. The number of carbonyl (C=O) groups is 2. The molecule has 0 heterocycles. The normalized spacial score (nSPS) is 10.9. The molecule has 0 unspecified atom stereocenters. The lowest BCUT2D eigenvalue weighted by Crippen LogP contribution is -1.94. The van der Waals surface area contributed by atoms with Crippen LogP contribution in [0.25, 0.3) is 0 Å². The van der Waals surface area contributed by atoms with Gasteiger partial charge >= 0.3 is 0 Å². The Kier molecular flexibility index (Phi) is 13.3. The minimum atomic E-state index is 0.0133. The van der Waals surface area contributed by atoms with Gasteiger partial charge in [-0.1, -0.05) is 39.0 Å². The van der Waals surface area contributed by atoms with E-state index in [0.717, 1.165) is 51.2 Å². The van der Waals surface area contributed by atoms with E-state index in [1.807, 2.05) is 0 Å². The average Bonchev–Trinajstić information content (AvgIpc) is 2.37. The van der Waals surface area contributed by atoms with Crippen LogP contribution in [0.5, 0.6) is 0 Å². The fourth-order valence-corrected chi connectivity index (χ4v) is 1.75. The van der Waals surface area contributed by atoms with Crippen LogP contribution >= 0.6 is 0 Å². The largest absolute Gasteiger partial charge is 0.303 e. The van der Waals surface area contributed by atoms with Gasteiger partial charge in [0.15, 0.2) is 0 Å². The van der Waals surface area contributed by atoms with Crippen molar-refractivity contribution in [2.75, 3.05) is 0 Å². The van der Waals surface area contributed by atoms with E-state index in [0.29, 0.717) is 12.8 Å². The monoisotopic (exact) mass is 253 g/mol. The Labute approximate surface area is 111 Å². The van der Waals surface area contributed by atoms with E-state index in [1.54, 1.807) is 6.21 Å². The number of unbranched alkanes of at least 4 members (excludes halogenated alkanes) is 8. The summed E-state index contributed by atoms with van der Waals surface area (Å²) >= 11 is 0. The number of hydrogen-bond acceptors (Lipinski definition) is 2. The summed E-state index contributed by atoms with van der Waals surface area (Å²) < 4.78 is 0. The molecule has 0 aromatic rings. The van der Waals surface area contributed by atoms with Crippen LogP contribution in [0.3, 0.4) is 0 Å². The number of nitrogens with zero attached hydrogens (tertiary/aromatic N) is 1. The summed E-state index contributed by atoms with van der Waals surface area (Å²) in [5.41, 5.74) is 0. The standard InChI is InChI=1S/C15H27NO2/c1-2-3-4-10-13-16-15(18)12-9-7-5-6-8-11-14-17/h13-14H,2-12H2,1H3. The maximum Gasteiger partial charge on any atom is 0.245 e. The predicted octanol–water partition coefficient (Wildman–Crippen LogP) is 4.09. The van der Waals surface area contributed by atoms with E-state index in [-0.39, 0.29) is 5.91 Å². The Bertz CT molecular complexity index is 237. The van der Waals surface area contributed by atoms with E-state index >= 15 is 0 Å². The zero-order chi connectivity index (χ0) is 13.5. The smallest absolute Gasteiger partial charge is 0.245 e. The lowest BCUT2D eigenvalue weighted by molar-refractivity contribution is -0.117. The van der Waals surface area contributed by atoms with Crippen LogP contribution in [0.2, 0.25) is 0 Å². The summed E-state index contributed by atoms with van der Waals surface area (Å²) in [5, 5.41) is 0. The third-order valence-electron chi connectivity index (χ3n) is 2.88. The first-order chi connectivity index (χ1) is 8.81. The predicted molar refractivity (Wildman–Crippen MR) is 76.0 cm³/mol. The van der Waals surface area contributed by atoms with Crippen molar-refractivity contribution in [2.45, 2.75) is 77.6 Å². The Hall–Kier alpha value is -0.990. The minimum absolute atomic E-state index is 0.0133. The molecule has 0 fully saturated rings. The van der Waals surface area contributed by atoms with Gasteiger partial charge in [0.1, 0.15) is 6.29 Å². The summed E-state index contributed by atoms with van der Waals surface area (Å²) in [7, 11) is 0. The highest BCUT2D eigenvalue weighted by atomic mass is 16.1. The quantitative estimate of drug-likeness (QED) is 0.299. The van der Waals surface area contributed by atoms with Crippen LogP contribution < -0.4 is 0 Å². The fraction of sp³-hybridized carbons (Fsp3) is 0.800. The van der Waals surface area contributed by atoms with Crippen molar-refractivity contribution in [1.29, 1.82) is 0 Å². The Morgan fingerprint density at radius 1 is 0.944 bits per heavy atom. The highest BCUT2D eigenvalue weighted by Crippen LogP contribution is 2.07. The van der Waals surface area contributed by atoms with Crippen LogP contribution in [-0.4, -0.2) is 18.4 Å². The van der Waals surface area contributed by atoms with Crippen LogP contribution in [0.1, 0.15) is 77.6 Å². The van der Waals surface area contributed by atoms with E-state index in [2.05, 4.69) is 11.9 Å². The zero-order valence-electron chi connectivity index (χ0n) is 11.7. The molecule has 0 radical (unpaired) electrons. The van der Waals surface area contributed by atoms with Gasteiger partial charge in [-0.25, -0.2) is 4.99 Å². The van der Waals surface area contributed by atoms with E-state index in [1.165, 1.54) is 12.8 Å². The van der Waals surface area contributed by atoms with Crippen molar-refractivity contribution in [2.24, 2.45) is 4.99 Å². The Morgan fingerprint density at radius 3 is 2.33 bits per heavy atom. The van der Waals surface area contributed by atoms with Crippen molar-refractivity contribution < 1.29 is 9.59 Å². The summed E-state index contributed by atoms with van der Waals surface area (Å²) in [4.78, 5) is 25.4. The van der Waals surface area contributed by atoms with Crippen molar-refractivity contribution >= 4 is 18.4 Å². The van der Waals surface area contributed by atoms with Gasteiger partial charge in [-0.15, -0.1) is 0 Å². The molecule has 1 amide bonds. The molecule has 0 rings (SSSR count). The second-order valence-electron chi connectivity index (χ2n) is 4.67. The third-order valence-corrected chi connectivity index (χ3v) is 2.88. The molecule has 0 aliphatic rings. The highest BCUT2D eigenvalue weighted by Gasteiger charge is 1.97. The van der Waals surface area contributed by atoms with E-state index in [4.69, 9.17) is 0 Å². The molecule has 18 heavy (non-hydrogen) atoms. The van der Waals surface area contributed by atoms with Gasteiger partial charge in [-0.05, 0) is 25.7 Å². The van der Waals surface area contributed by atoms with Crippen LogP contribution in [-0.2, 0) is 9.59 Å². The molecule has 0 aliphatic carbocycles. The Morgan fingerprint density at radius 2 is 1.61 bits per heavy atom. The molecule has 0 atom stereocenters. The van der Waals surface area contributed by atoms with E-state index in [9.17, 15) is 9.59 Å². The summed E-state index contributed by atoms with van der Waals surface area (Å²) in [6, 6.07) is 0. The Balaban J connectivity index is 3.28. The first-order valence-electron chi connectivity index (χ1n) is 7.30. The highest BCUT2D eigenvalue weighted by molar-refractivity contribution is 5.84. The first-order valence-corrected chi connectivity index (χ1v) is 7.30. The molecular weight excluding hydrogens is 226 g/mol. The van der Waals surface area contributed by atoms with Crippen molar-refractivity contribution in [3.63, 3.8) is 0 Å². The van der Waals surface area contributed by atoms with Gasteiger partial charge in [-0.2, -0.15) is 0 Å². The number of hydrogen-bond donors (Lipinski definition) is 0. The maximum absolute atomic E-state index is 11.4. The number of carbonyl (C=O) groups excluding carboxylic acids is 2. The molecule has 0 aromatic heterocycles. The average molecular weight is 253 g/mol. The maximum atomic E-state index is 11.4. The van der Waals surface area contributed by atoms with Gasteiger partial charge in [0.25, 0.3) is 0 Å². The van der Waals surface area contributed by atoms with Gasteiger partial charge in [0.05, 0.1) is 0 Å². The van der Waals surface area contributed by atoms with Crippen LogP contribution in [0.4, 0.5) is 0 Å². The topological polar surface area (TPSA) is 46.5 Å². The molecule has 0 saturated heterocycles. The molecule has 0 bridgehead atoms. The van der Waals surface area contributed by atoms with Crippen LogP contribution in [0, 0.1) is 0 Å². The third kappa shape index (κ3) is 13.1. The molecular formula is C15H27NO2. The zero-order valence-corrected chi connectivity index (χ0v) is 11.7. The number of rotatable bonds is 12. The van der Waals surface area contributed by atoms with Crippen LogP contribution in [0.15, 0.2) is 4.99 Å². The van der Waals surface area contributed by atoms with E-state index < -0.39 is 0 Å². The SMILES string of the molecule is CCCCCC=NC(=O)CCCCCCCC=O. The summed E-state index contributed by atoms with van der Waals surface area (Å²) in [6.45, 7) is 2.16. The molecule has 0 saturated carbocycles. The van der Waals surface area contributed by atoms with Crippen molar-refractivity contribution in [1.82, 2.24) is 0 Å². The fourth-order valence-electron chi connectivity index (χ4n) is 1.75. The van der Waals surface area contributed by atoms with Gasteiger partial charge in [0, 0.05) is 19.1 Å². The van der Waals surface area contributed by atoms with Gasteiger partial charge in [-0.3, -0.25) is 4.79 Å². The molecule has 3 nitrogen and oxygen atoms in total. The van der Waals surface area contributed by atoms with Gasteiger partial charge < -0.3 is 4.79 Å². The lowest BCUT2D eigenvalue weighted by Gasteiger charge is -1.98. The molecule has 0 N–H and O–H groups in total. The number of aldehydes is 1. The number of aliphatic imine (C=N–C) groups is 1. The summed E-state index contributed by atoms with van der Waals surface area (Å²) in [5.74, 6) is 0.0133. The molecule has 0 spiro atoms. The molecule has 104 valence electrons. The second-order valence-corrected chi connectivity index (χ2v) is 4.67. The lowest BCUT2D eigenvalue weighted by atomic mass is 10.1.